The molecular weight excluding hydrogens is 372 g/mol. The number of anilines is 2. The average molecular weight is 396 g/mol. The molecule has 2 aromatic carbocycles. The van der Waals surface area contributed by atoms with E-state index in [0.717, 1.165) is 12.0 Å². The van der Waals surface area contributed by atoms with Crippen LogP contribution in [0.3, 0.4) is 0 Å². The fourth-order valence-corrected chi connectivity index (χ4v) is 3.27. The van der Waals surface area contributed by atoms with Gasteiger partial charge in [-0.1, -0.05) is 25.1 Å². The van der Waals surface area contributed by atoms with E-state index in [-0.39, 0.29) is 25.5 Å². The number of nitrogens with zero attached hydrogens (tertiary/aromatic N) is 1. The smallest absolute Gasteiger partial charge is 0.311 e. The van der Waals surface area contributed by atoms with E-state index >= 15 is 0 Å². The van der Waals surface area contributed by atoms with Gasteiger partial charge in [-0.05, 0) is 42.3 Å². The Kier molecular flexibility index (Phi) is 6.49. The Morgan fingerprint density at radius 1 is 1.14 bits per heavy atom. The van der Waals surface area contributed by atoms with Gasteiger partial charge in [0.25, 0.3) is 5.91 Å². The first-order valence-electron chi connectivity index (χ1n) is 9.50. The number of hydrogen-bond donors (Lipinski definition) is 1. The summed E-state index contributed by atoms with van der Waals surface area (Å²) in [6, 6.07) is 14.5. The number of esters is 1. The number of carbonyl (C=O) groups excluding carboxylic acids is 3. The Balaban J connectivity index is 1.53. The number of benzene rings is 2. The summed E-state index contributed by atoms with van der Waals surface area (Å²) in [5, 5.41) is 2.76. The van der Waals surface area contributed by atoms with Gasteiger partial charge in [-0.25, -0.2) is 0 Å². The highest BCUT2D eigenvalue weighted by Crippen LogP contribution is 2.27. The maximum atomic E-state index is 12.3. The van der Waals surface area contributed by atoms with Gasteiger partial charge in [0.15, 0.2) is 6.61 Å². The Bertz CT molecular complexity index is 894. The molecule has 0 radical (unpaired) electrons. The summed E-state index contributed by atoms with van der Waals surface area (Å²) in [6.07, 6.45) is 0.840. The summed E-state index contributed by atoms with van der Waals surface area (Å²) < 4.78 is 10.3. The van der Waals surface area contributed by atoms with Gasteiger partial charge in [0.05, 0.1) is 13.0 Å². The van der Waals surface area contributed by atoms with Gasteiger partial charge in [0.2, 0.25) is 5.91 Å². The van der Waals surface area contributed by atoms with Gasteiger partial charge in [0.1, 0.15) is 5.75 Å². The highest BCUT2D eigenvalue weighted by atomic mass is 16.5. The van der Waals surface area contributed by atoms with E-state index in [9.17, 15) is 14.4 Å². The molecule has 0 unspecified atom stereocenters. The normalized spacial score (nSPS) is 15.9. The lowest BCUT2D eigenvalue weighted by Gasteiger charge is -2.17. The maximum Gasteiger partial charge on any atom is 0.311 e. The second-order valence-corrected chi connectivity index (χ2v) is 6.77. The Morgan fingerprint density at radius 2 is 1.86 bits per heavy atom. The number of amides is 2. The third kappa shape index (κ3) is 4.93. The topological polar surface area (TPSA) is 84.9 Å². The molecule has 0 aromatic heterocycles. The van der Waals surface area contributed by atoms with Gasteiger partial charge in [0, 0.05) is 24.3 Å². The van der Waals surface area contributed by atoms with Crippen molar-refractivity contribution in [1.82, 2.24) is 0 Å². The van der Waals surface area contributed by atoms with Crippen LogP contribution in [-0.4, -0.2) is 38.0 Å². The Morgan fingerprint density at radius 3 is 2.55 bits per heavy atom. The zero-order valence-corrected chi connectivity index (χ0v) is 16.5. The molecule has 7 nitrogen and oxygen atoms in total. The van der Waals surface area contributed by atoms with Crippen LogP contribution in [0.4, 0.5) is 11.4 Å². The van der Waals surface area contributed by atoms with Crippen molar-refractivity contribution in [1.29, 1.82) is 0 Å². The predicted octanol–water partition coefficient (Wildman–Crippen LogP) is 2.79. The van der Waals surface area contributed by atoms with Gasteiger partial charge in [-0.2, -0.15) is 0 Å². The van der Waals surface area contributed by atoms with Crippen LogP contribution in [0.15, 0.2) is 48.5 Å². The number of methoxy groups -OCH3 is 1. The number of carbonyl (C=O) groups is 3. The number of rotatable bonds is 7. The molecule has 2 amide bonds. The lowest BCUT2D eigenvalue weighted by Crippen LogP contribution is -2.28. The molecule has 7 heteroatoms. The van der Waals surface area contributed by atoms with Crippen molar-refractivity contribution in [3.63, 3.8) is 0 Å². The molecule has 0 bridgehead atoms. The molecule has 1 N–H and O–H groups in total. The zero-order valence-electron chi connectivity index (χ0n) is 16.5. The highest BCUT2D eigenvalue weighted by Gasteiger charge is 2.36. The molecule has 1 saturated heterocycles. The van der Waals surface area contributed by atoms with E-state index in [1.807, 2.05) is 25.1 Å². The molecule has 0 saturated carbocycles. The molecule has 1 aliphatic heterocycles. The minimum absolute atomic E-state index is 0.0607. The van der Waals surface area contributed by atoms with E-state index in [2.05, 4.69) is 5.32 Å². The van der Waals surface area contributed by atoms with E-state index in [0.29, 0.717) is 17.1 Å². The van der Waals surface area contributed by atoms with Crippen molar-refractivity contribution >= 4 is 29.2 Å². The van der Waals surface area contributed by atoms with Crippen LogP contribution in [0.1, 0.15) is 18.9 Å². The highest BCUT2D eigenvalue weighted by molar-refractivity contribution is 6.00. The van der Waals surface area contributed by atoms with Crippen molar-refractivity contribution in [2.24, 2.45) is 5.92 Å². The lowest BCUT2D eigenvalue weighted by atomic mass is 10.1. The second-order valence-electron chi connectivity index (χ2n) is 6.77. The van der Waals surface area contributed by atoms with Crippen LogP contribution in [0.2, 0.25) is 0 Å². The van der Waals surface area contributed by atoms with E-state index < -0.39 is 17.8 Å². The second kappa shape index (κ2) is 9.23. The summed E-state index contributed by atoms with van der Waals surface area (Å²) in [7, 11) is 1.57. The van der Waals surface area contributed by atoms with E-state index in [4.69, 9.17) is 9.47 Å². The largest absolute Gasteiger partial charge is 0.497 e. The molecule has 29 heavy (non-hydrogen) atoms. The summed E-state index contributed by atoms with van der Waals surface area (Å²) in [5.41, 5.74) is 2.40. The standard InChI is InChI=1S/C22H24N2O5/c1-3-15-6-4-5-7-19(15)23-20(25)14-29-22(27)16-12-21(26)24(13-16)17-8-10-18(28-2)11-9-17/h4-11,16H,3,12-14H2,1-2H3,(H,23,25)/t16-/m1/s1. The Labute approximate surface area is 169 Å². The minimum atomic E-state index is -0.597. The van der Waals surface area contributed by atoms with Gasteiger partial charge < -0.3 is 19.7 Å². The molecule has 1 atom stereocenters. The molecule has 1 aliphatic rings. The van der Waals surface area contributed by atoms with Crippen LogP contribution in [0.25, 0.3) is 0 Å². The SMILES string of the molecule is CCc1ccccc1NC(=O)COC(=O)[C@@H]1CC(=O)N(c2ccc(OC)cc2)C1. The fourth-order valence-electron chi connectivity index (χ4n) is 3.27. The quantitative estimate of drug-likeness (QED) is 0.728. The molecule has 152 valence electrons. The first-order chi connectivity index (χ1) is 14.0. The predicted molar refractivity (Wildman–Crippen MR) is 109 cm³/mol. The number of para-hydroxylation sites is 1. The first-order valence-corrected chi connectivity index (χ1v) is 9.50. The van der Waals surface area contributed by atoms with Gasteiger partial charge >= 0.3 is 5.97 Å². The van der Waals surface area contributed by atoms with Crippen LogP contribution < -0.4 is 15.0 Å². The number of aryl methyl sites for hydroxylation is 1. The maximum absolute atomic E-state index is 12.3. The monoisotopic (exact) mass is 396 g/mol. The van der Waals surface area contributed by atoms with E-state index in [1.54, 1.807) is 42.3 Å². The zero-order chi connectivity index (χ0) is 20.8. The number of hydrogen-bond acceptors (Lipinski definition) is 5. The summed E-state index contributed by atoms with van der Waals surface area (Å²) in [6.45, 7) is 1.84. The summed E-state index contributed by atoms with van der Waals surface area (Å²) in [5.74, 6) is -1.02. The minimum Gasteiger partial charge on any atom is -0.497 e. The van der Waals surface area contributed by atoms with Gasteiger partial charge in [-0.15, -0.1) is 0 Å². The molecule has 1 fully saturated rings. The fraction of sp³-hybridized carbons (Fsp3) is 0.318. The van der Waals surface area contributed by atoms with Crippen LogP contribution in [0, 0.1) is 5.92 Å². The number of nitrogens with one attached hydrogen (secondary N) is 1. The van der Waals surface area contributed by atoms with Gasteiger partial charge in [-0.3, -0.25) is 14.4 Å². The Hall–Kier alpha value is -3.35. The van der Waals surface area contributed by atoms with Crippen molar-refractivity contribution in [2.75, 3.05) is 30.5 Å². The summed E-state index contributed by atoms with van der Waals surface area (Å²) in [4.78, 5) is 38.3. The molecular formula is C22H24N2O5. The van der Waals surface area contributed by atoms with Crippen molar-refractivity contribution in [2.45, 2.75) is 19.8 Å². The summed E-state index contributed by atoms with van der Waals surface area (Å²) >= 11 is 0. The third-order valence-electron chi connectivity index (χ3n) is 4.86. The van der Waals surface area contributed by atoms with Crippen LogP contribution in [-0.2, 0) is 25.5 Å². The lowest BCUT2D eigenvalue weighted by molar-refractivity contribution is -0.151. The van der Waals surface area contributed by atoms with Crippen molar-refractivity contribution in [3.8, 4) is 5.75 Å². The van der Waals surface area contributed by atoms with Crippen LogP contribution in [0.5, 0.6) is 5.75 Å². The van der Waals surface area contributed by atoms with Crippen molar-refractivity contribution < 1.29 is 23.9 Å². The third-order valence-corrected chi connectivity index (χ3v) is 4.86. The van der Waals surface area contributed by atoms with Crippen LogP contribution >= 0.6 is 0 Å². The van der Waals surface area contributed by atoms with E-state index in [1.165, 1.54) is 0 Å². The molecule has 1 heterocycles. The van der Waals surface area contributed by atoms with Crippen molar-refractivity contribution in [3.05, 3.63) is 54.1 Å². The average Bonchev–Trinajstić information content (AvgIpc) is 3.14. The molecule has 2 aromatic rings. The number of ether oxygens (including phenoxy) is 2. The molecule has 3 rings (SSSR count). The first kappa shape index (κ1) is 20.4. The molecule has 0 spiro atoms. The molecule has 0 aliphatic carbocycles.